The van der Waals surface area contributed by atoms with Crippen LogP contribution in [0.15, 0.2) is 16.8 Å². The number of carboxylic acid groups (broad SMARTS) is 1. The average Bonchev–Trinajstić information content (AvgIpc) is 2.74. The average molecular weight is 221 g/mol. The number of aryl methyl sites for hydroxylation is 2. The van der Waals surface area contributed by atoms with E-state index in [2.05, 4.69) is 10.1 Å². The smallest absolute Gasteiger partial charge is 0.352 e. The zero-order valence-electron chi connectivity index (χ0n) is 8.97. The summed E-state index contributed by atoms with van der Waals surface area (Å²) in [6.07, 6.45) is 1.70. The first-order valence-corrected chi connectivity index (χ1v) is 4.76. The summed E-state index contributed by atoms with van der Waals surface area (Å²) in [7, 11) is 0. The van der Waals surface area contributed by atoms with Crippen molar-refractivity contribution >= 4 is 5.97 Å². The zero-order chi connectivity index (χ0) is 11.7. The first kappa shape index (κ1) is 10.4. The Labute approximate surface area is 91.5 Å². The van der Waals surface area contributed by atoms with Gasteiger partial charge in [-0.15, -0.1) is 0 Å². The Kier molecular flexibility index (Phi) is 2.47. The van der Waals surface area contributed by atoms with E-state index in [-0.39, 0.29) is 5.69 Å². The SMILES string of the molecule is Cc1nc(Cn2ccc(C)c2C(=O)O)no1. The molecule has 84 valence electrons. The third-order valence-corrected chi connectivity index (χ3v) is 2.25. The molecular formula is C10H11N3O3. The first-order chi connectivity index (χ1) is 7.58. The van der Waals surface area contributed by atoms with Gasteiger partial charge in [-0.25, -0.2) is 4.79 Å². The minimum atomic E-state index is -0.956. The van der Waals surface area contributed by atoms with Gasteiger partial charge in [0.05, 0.1) is 6.54 Å². The van der Waals surface area contributed by atoms with Gasteiger partial charge in [-0.3, -0.25) is 0 Å². The number of rotatable bonds is 3. The van der Waals surface area contributed by atoms with Crippen molar-refractivity contribution in [2.24, 2.45) is 0 Å². The number of carboxylic acids is 1. The molecule has 6 nitrogen and oxygen atoms in total. The van der Waals surface area contributed by atoms with E-state index in [1.165, 1.54) is 0 Å². The predicted molar refractivity (Wildman–Crippen MR) is 54.3 cm³/mol. The van der Waals surface area contributed by atoms with Gasteiger partial charge in [0.15, 0.2) is 5.82 Å². The molecule has 0 bridgehead atoms. The molecule has 0 unspecified atom stereocenters. The lowest BCUT2D eigenvalue weighted by atomic mass is 10.3. The molecule has 1 N–H and O–H groups in total. The molecule has 0 saturated heterocycles. The van der Waals surface area contributed by atoms with Crippen molar-refractivity contribution in [1.29, 1.82) is 0 Å². The van der Waals surface area contributed by atoms with Gasteiger partial charge in [-0.2, -0.15) is 4.98 Å². The number of hydrogen-bond acceptors (Lipinski definition) is 4. The zero-order valence-corrected chi connectivity index (χ0v) is 8.97. The lowest BCUT2D eigenvalue weighted by molar-refractivity contribution is 0.0684. The highest BCUT2D eigenvalue weighted by atomic mass is 16.5. The third-order valence-electron chi connectivity index (χ3n) is 2.25. The van der Waals surface area contributed by atoms with Crippen molar-refractivity contribution in [2.75, 3.05) is 0 Å². The molecule has 2 rings (SSSR count). The van der Waals surface area contributed by atoms with Crippen molar-refractivity contribution in [2.45, 2.75) is 20.4 Å². The summed E-state index contributed by atoms with van der Waals surface area (Å²) in [6.45, 7) is 3.74. The highest BCUT2D eigenvalue weighted by Crippen LogP contribution is 2.11. The van der Waals surface area contributed by atoms with Crippen molar-refractivity contribution in [3.05, 3.63) is 35.2 Å². The maximum Gasteiger partial charge on any atom is 0.352 e. The molecule has 0 spiro atoms. The van der Waals surface area contributed by atoms with Gasteiger partial charge in [-0.1, -0.05) is 5.16 Å². The second-order valence-corrected chi connectivity index (χ2v) is 3.51. The van der Waals surface area contributed by atoms with Gasteiger partial charge in [0.2, 0.25) is 5.89 Å². The molecule has 0 aliphatic rings. The molecule has 6 heteroatoms. The fraction of sp³-hybridized carbons (Fsp3) is 0.300. The van der Waals surface area contributed by atoms with Gasteiger partial charge in [0.1, 0.15) is 5.69 Å². The Hall–Kier alpha value is -2.11. The number of carbonyl (C=O) groups is 1. The van der Waals surface area contributed by atoms with Gasteiger partial charge in [-0.05, 0) is 18.6 Å². The maximum absolute atomic E-state index is 11.0. The van der Waals surface area contributed by atoms with Crippen LogP contribution in [0, 0.1) is 13.8 Å². The quantitative estimate of drug-likeness (QED) is 0.843. The minimum absolute atomic E-state index is 0.252. The van der Waals surface area contributed by atoms with Gasteiger partial charge in [0, 0.05) is 13.1 Å². The molecule has 0 aliphatic carbocycles. The van der Waals surface area contributed by atoms with Crippen LogP contribution in [0.25, 0.3) is 0 Å². The Bertz CT molecular complexity index is 527. The van der Waals surface area contributed by atoms with Crippen LogP contribution in [0.5, 0.6) is 0 Å². The van der Waals surface area contributed by atoms with Crippen LogP contribution >= 0.6 is 0 Å². The van der Waals surface area contributed by atoms with Crippen LogP contribution in [-0.4, -0.2) is 25.8 Å². The third kappa shape index (κ3) is 1.81. The fourth-order valence-electron chi connectivity index (χ4n) is 1.56. The summed E-state index contributed by atoms with van der Waals surface area (Å²) in [4.78, 5) is 15.0. The fourth-order valence-corrected chi connectivity index (χ4v) is 1.56. The van der Waals surface area contributed by atoms with Gasteiger partial charge in [0.25, 0.3) is 0 Å². The van der Waals surface area contributed by atoms with Crippen LogP contribution in [0.4, 0.5) is 0 Å². The van der Waals surface area contributed by atoms with Gasteiger partial charge >= 0.3 is 5.97 Å². The van der Waals surface area contributed by atoms with E-state index in [9.17, 15) is 4.79 Å². The second-order valence-electron chi connectivity index (χ2n) is 3.51. The summed E-state index contributed by atoms with van der Waals surface area (Å²) >= 11 is 0. The number of aromatic carboxylic acids is 1. The largest absolute Gasteiger partial charge is 0.477 e. The Morgan fingerprint density at radius 3 is 2.88 bits per heavy atom. The molecule has 0 saturated carbocycles. The number of hydrogen-bond donors (Lipinski definition) is 1. The molecule has 2 heterocycles. The summed E-state index contributed by atoms with van der Waals surface area (Å²) in [6, 6.07) is 1.75. The molecule has 2 aromatic heterocycles. The van der Waals surface area contributed by atoms with Crippen molar-refractivity contribution in [1.82, 2.24) is 14.7 Å². The van der Waals surface area contributed by atoms with Crippen LogP contribution in [0.2, 0.25) is 0 Å². The lowest BCUT2D eigenvalue weighted by Crippen LogP contribution is -2.10. The highest BCUT2D eigenvalue weighted by molar-refractivity contribution is 5.87. The van der Waals surface area contributed by atoms with E-state index in [1.54, 1.807) is 30.7 Å². The molecule has 2 aromatic rings. The topological polar surface area (TPSA) is 81.2 Å². The maximum atomic E-state index is 11.0. The lowest BCUT2D eigenvalue weighted by Gasteiger charge is -2.03. The van der Waals surface area contributed by atoms with E-state index in [4.69, 9.17) is 9.63 Å². The second kappa shape index (κ2) is 3.80. The van der Waals surface area contributed by atoms with E-state index in [0.717, 1.165) is 0 Å². The molecular weight excluding hydrogens is 210 g/mol. The van der Waals surface area contributed by atoms with Crippen LogP contribution in [-0.2, 0) is 6.54 Å². The summed E-state index contributed by atoms with van der Waals surface area (Å²) in [5.74, 6) is -0.0194. The van der Waals surface area contributed by atoms with Crippen LogP contribution < -0.4 is 0 Å². The van der Waals surface area contributed by atoms with Crippen LogP contribution in [0.1, 0.15) is 27.8 Å². The number of nitrogens with zero attached hydrogens (tertiary/aromatic N) is 3. The molecule has 0 aromatic carbocycles. The Morgan fingerprint density at radius 2 is 2.31 bits per heavy atom. The molecule has 0 fully saturated rings. The summed E-state index contributed by atoms with van der Waals surface area (Å²) < 4.78 is 6.41. The highest BCUT2D eigenvalue weighted by Gasteiger charge is 2.14. The van der Waals surface area contributed by atoms with E-state index in [1.807, 2.05) is 0 Å². The molecule has 0 aliphatic heterocycles. The number of aromatic nitrogens is 3. The summed E-state index contributed by atoms with van der Waals surface area (Å²) in [5, 5.41) is 12.8. The molecule has 0 amide bonds. The molecule has 0 atom stereocenters. The van der Waals surface area contributed by atoms with Crippen LogP contribution in [0.3, 0.4) is 0 Å². The Morgan fingerprint density at radius 1 is 1.56 bits per heavy atom. The van der Waals surface area contributed by atoms with Crippen molar-refractivity contribution < 1.29 is 14.4 Å². The minimum Gasteiger partial charge on any atom is -0.477 e. The van der Waals surface area contributed by atoms with Gasteiger partial charge < -0.3 is 14.2 Å². The predicted octanol–water partition coefficient (Wildman–Crippen LogP) is 1.23. The monoisotopic (exact) mass is 221 g/mol. The van der Waals surface area contributed by atoms with E-state index in [0.29, 0.717) is 23.8 Å². The standard InChI is InChI=1S/C10H11N3O3/c1-6-3-4-13(9(6)10(14)15)5-8-11-7(2)16-12-8/h3-4H,5H2,1-2H3,(H,14,15). The molecule has 0 radical (unpaired) electrons. The Balaban J connectivity index is 2.31. The normalized spacial score (nSPS) is 10.6. The van der Waals surface area contributed by atoms with E-state index < -0.39 is 5.97 Å². The van der Waals surface area contributed by atoms with Crippen molar-refractivity contribution in [3.8, 4) is 0 Å². The molecule has 16 heavy (non-hydrogen) atoms. The van der Waals surface area contributed by atoms with E-state index >= 15 is 0 Å². The first-order valence-electron chi connectivity index (χ1n) is 4.76. The van der Waals surface area contributed by atoms with Crippen molar-refractivity contribution in [3.63, 3.8) is 0 Å². The summed E-state index contributed by atoms with van der Waals surface area (Å²) in [5.41, 5.74) is 0.968.